The van der Waals surface area contributed by atoms with Crippen molar-refractivity contribution in [2.24, 2.45) is 0 Å². The number of aromatic amines is 1. The van der Waals surface area contributed by atoms with E-state index >= 15 is 4.39 Å². The lowest BCUT2D eigenvalue weighted by atomic mass is 9.98. The van der Waals surface area contributed by atoms with E-state index in [-0.39, 0.29) is 50.6 Å². The molecule has 2 aliphatic rings. The van der Waals surface area contributed by atoms with Gasteiger partial charge in [-0.2, -0.15) is 0 Å². The number of nitrogens with one attached hydrogen (secondary N) is 6. The van der Waals surface area contributed by atoms with Crippen LogP contribution < -0.4 is 31.3 Å². The summed E-state index contributed by atoms with van der Waals surface area (Å²) in [6.07, 6.45) is 1.33. The molecule has 8 rings (SSSR count). The van der Waals surface area contributed by atoms with Gasteiger partial charge in [-0.25, -0.2) is 4.39 Å². The van der Waals surface area contributed by atoms with Crippen LogP contribution in [0.3, 0.4) is 0 Å². The number of rotatable bonds is 12. The van der Waals surface area contributed by atoms with Gasteiger partial charge in [-0.15, -0.1) is 0 Å². The summed E-state index contributed by atoms with van der Waals surface area (Å²) in [5, 5.41) is 23.8. The number of aromatic nitrogens is 1. The van der Waals surface area contributed by atoms with Gasteiger partial charge in [-0.3, -0.25) is 28.8 Å². The third-order valence-corrected chi connectivity index (χ3v) is 11.1. The molecule has 0 saturated heterocycles. The van der Waals surface area contributed by atoms with Crippen molar-refractivity contribution in [2.75, 3.05) is 13.2 Å². The minimum absolute atomic E-state index is 0.0107. The molecule has 14 nitrogen and oxygen atoms in total. The maximum absolute atomic E-state index is 15.3. The molecule has 4 atom stereocenters. The van der Waals surface area contributed by atoms with Crippen LogP contribution in [0.15, 0.2) is 134 Å². The van der Waals surface area contributed by atoms with E-state index in [1.807, 2.05) is 78.9 Å². The lowest BCUT2D eigenvalue weighted by Gasteiger charge is -2.27. The zero-order valence-electron chi connectivity index (χ0n) is 35.4. The Morgan fingerprint density at radius 3 is 2.00 bits per heavy atom. The molecule has 5 amide bonds. The van der Waals surface area contributed by atoms with Crippen molar-refractivity contribution in [1.82, 2.24) is 31.6 Å². The average molecular weight is 881 g/mol. The number of H-pyrrole nitrogens is 1. The largest absolute Gasteiger partial charge is 0.484 e. The Balaban J connectivity index is 1.24. The summed E-state index contributed by atoms with van der Waals surface area (Å²) >= 11 is 0. The first-order valence-electron chi connectivity index (χ1n) is 21.3. The Hall–Kier alpha value is -7.81. The minimum atomic E-state index is -1.46. The molecule has 5 aromatic carbocycles. The normalized spacial score (nSPS) is 18.5. The van der Waals surface area contributed by atoms with Crippen LogP contribution in [0.2, 0.25) is 0 Å². The number of para-hydroxylation sites is 1. The molecule has 15 heteroatoms. The van der Waals surface area contributed by atoms with E-state index in [0.29, 0.717) is 16.9 Å². The standard InChI is InChI=1S/C50H49FN6O8/c51-39-13-6-4-11-35(39)27-44-50(64)55-41(47(61)52-24-8-15-46(59)60)25-32-18-22-37(23-19-32)65-30-45(58)54-43(28-36-29-53-40-14-7-5-12-38(36)40)49(63)56-42(48(62)57-44)26-31-16-20-34(21-17-31)33-9-2-1-3-10-33/h1-7,9-14,16-23,29,41-44,53H,8,15,24-28,30H2,(H,52,61)(H,54,58)(H,55,64)(H,56,63)(H,57,62)(H,59,60)/t41-,42-,43+,44+/m1/s1. The lowest BCUT2D eigenvalue weighted by molar-refractivity contribution is -0.137. The van der Waals surface area contributed by atoms with Crippen molar-refractivity contribution in [3.05, 3.63) is 162 Å². The molecule has 6 aromatic rings. The average Bonchev–Trinajstić information content (AvgIpc) is 3.72. The molecule has 0 aliphatic carbocycles. The van der Waals surface area contributed by atoms with Crippen LogP contribution in [-0.2, 0) is 54.5 Å². The molecule has 0 spiro atoms. The Labute approximate surface area is 374 Å². The number of hydrogen-bond acceptors (Lipinski definition) is 7. The first-order valence-corrected chi connectivity index (χ1v) is 21.3. The number of fused-ring (bicyclic) bond motifs is 17. The van der Waals surface area contributed by atoms with E-state index < -0.39 is 72.1 Å². The van der Waals surface area contributed by atoms with Gasteiger partial charge in [0.25, 0.3) is 5.91 Å². The molecule has 0 saturated carbocycles. The highest BCUT2D eigenvalue weighted by atomic mass is 19.1. The number of ether oxygens (including phenoxy) is 1. The zero-order chi connectivity index (χ0) is 45.7. The van der Waals surface area contributed by atoms with E-state index in [0.717, 1.165) is 27.6 Å². The molecule has 0 radical (unpaired) electrons. The monoisotopic (exact) mass is 880 g/mol. The summed E-state index contributed by atoms with van der Waals surface area (Å²) in [7, 11) is 0. The molecule has 65 heavy (non-hydrogen) atoms. The summed E-state index contributed by atoms with van der Waals surface area (Å²) in [5.41, 5.74) is 4.81. The lowest BCUT2D eigenvalue weighted by Crippen LogP contribution is -2.59. The summed E-state index contributed by atoms with van der Waals surface area (Å²) in [6.45, 7) is -0.444. The molecular weight excluding hydrogens is 832 g/mol. The van der Waals surface area contributed by atoms with E-state index in [9.17, 15) is 28.8 Å². The second-order valence-corrected chi connectivity index (χ2v) is 15.9. The van der Waals surface area contributed by atoms with Gasteiger partial charge in [0, 0.05) is 55.7 Å². The van der Waals surface area contributed by atoms with Gasteiger partial charge in [0.05, 0.1) is 0 Å². The topological polar surface area (TPSA) is 208 Å². The Morgan fingerprint density at radius 1 is 0.662 bits per heavy atom. The number of hydrogen-bond donors (Lipinski definition) is 7. The molecule has 0 fully saturated rings. The van der Waals surface area contributed by atoms with Crippen LogP contribution in [0.1, 0.15) is 35.1 Å². The fourth-order valence-corrected chi connectivity index (χ4v) is 7.67. The van der Waals surface area contributed by atoms with E-state index in [1.165, 1.54) is 18.2 Å². The first kappa shape index (κ1) is 45.2. The highest BCUT2D eigenvalue weighted by Crippen LogP contribution is 2.22. The molecule has 334 valence electrons. The predicted octanol–water partition coefficient (Wildman–Crippen LogP) is 4.56. The predicted molar refractivity (Wildman–Crippen MR) is 241 cm³/mol. The molecule has 3 heterocycles. The maximum atomic E-state index is 15.3. The minimum Gasteiger partial charge on any atom is -0.484 e. The van der Waals surface area contributed by atoms with Crippen molar-refractivity contribution in [3.63, 3.8) is 0 Å². The molecule has 2 bridgehead atoms. The molecular formula is C50H49FN6O8. The summed E-state index contributed by atoms with van der Waals surface area (Å²) in [4.78, 5) is 85.1. The van der Waals surface area contributed by atoms with E-state index in [1.54, 1.807) is 36.5 Å². The quantitative estimate of drug-likeness (QED) is 0.0684. The Morgan fingerprint density at radius 2 is 1.28 bits per heavy atom. The van der Waals surface area contributed by atoms with Gasteiger partial charge in [0.1, 0.15) is 35.7 Å². The second-order valence-electron chi connectivity index (χ2n) is 15.9. The smallest absolute Gasteiger partial charge is 0.303 e. The molecule has 2 aliphatic heterocycles. The van der Waals surface area contributed by atoms with Gasteiger partial charge >= 0.3 is 5.97 Å². The van der Waals surface area contributed by atoms with Gasteiger partial charge < -0.3 is 41.4 Å². The first-order chi connectivity index (χ1) is 31.5. The van der Waals surface area contributed by atoms with E-state index in [4.69, 9.17) is 9.84 Å². The number of benzene rings is 5. The number of halogens is 1. The van der Waals surface area contributed by atoms with Crippen molar-refractivity contribution in [2.45, 2.75) is 62.7 Å². The van der Waals surface area contributed by atoms with Gasteiger partial charge in [0.15, 0.2) is 6.61 Å². The number of aliphatic carboxylic acids is 1. The number of amides is 5. The number of carbonyl (C=O) groups excluding carboxylic acids is 5. The Bertz CT molecular complexity index is 2640. The van der Waals surface area contributed by atoms with E-state index in [2.05, 4.69) is 31.6 Å². The number of carboxylic acids is 1. The summed E-state index contributed by atoms with van der Waals surface area (Å²) in [6, 6.07) is 31.7. The van der Waals surface area contributed by atoms with Crippen LogP contribution in [0.4, 0.5) is 4.39 Å². The van der Waals surface area contributed by atoms with Gasteiger partial charge in [-0.1, -0.05) is 103 Å². The third-order valence-electron chi connectivity index (χ3n) is 11.1. The third kappa shape index (κ3) is 12.4. The fourth-order valence-electron chi connectivity index (χ4n) is 7.67. The highest BCUT2D eigenvalue weighted by Gasteiger charge is 2.33. The van der Waals surface area contributed by atoms with Crippen LogP contribution in [0.5, 0.6) is 5.75 Å². The number of carbonyl (C=O) groups is 6. The molecule has 7 N–H and O–H groups in total. The van der Waals surface area contributed by atoms with Crippen molar-refractivity contribution in [3.8, 4) is 16.9 Å². The highest BCUT2D eigenvalue weighted by molar-refractivity contribution is 5.96. The van der Waals surface area contributed by atoms with Crippen LogP contribution in [0, 0.1) is 5.82 Å². The van der Waals surface area contributed by atoms with Crippen LogP contribution in [0.25, 0.3) is 22.0 Å². The summed E-state index contributed by atoms with van der Waals surface area (Å²) < 4.78 is 21.1. The molecule has 0 unspecified atom stereocenters. The van der Waals surface area contributed by atoms with Crippen molar-refractivity contribution < 1.29 is 43.0 Å². The fraction of sp³-hybridized carbons (Fsp3) is 0.240. The Kier molecular flexibility index (Phi) is 15.0. The number of carboxylic acid groups (broad SMARTS) is 1. The second kappa shape index (κ2) is 21.5. The maximum Gasteiger partial charge on any atom is 0.303 e. The van der Waals surface area contributed by atoms with Crippen LogP contribution in [-0.4, -0.2) is 82.9 Å². The summed E-state index contributed by atoms with van der Waals surface area (Å²) in [5.74, 6) is -4.86. The van der Waals surface area contributed by atoms with Crippen molar-refractivity contribution in [1.29, 1.82) is 0 Å². The van der Waals surface area contributed by atoms with Gasteiger partial charge in [0.2, 0.25) is 23.6 Å². The van der Waals surface area contributed by atoms with Crippen molar-refractivity contribution >= 4 is 46.4 Å². The SMILES string of the molecule is O=C(O)CCCNC(=O)[C@H]1Cc2ccc(cc2)OCC(=O)N[C@@H](Cc2c[nH]c3ccccc23)C(=O)N[C@H](Cc2ccc(-c3ccccc3)cc2)C(=O)N[C@@H](Cc2ccccc2F)C(=O)N1. The van der Waals surface area contributed by atoms with Gasteiger partial charge in [-0.05, 0) is 64.1 Å². The zero-order valence-corrected chi connectivity index (χ0v) is 35.4. The van der Waals surface area contributed by atoms with Crippen LogP contribution >= 0.6 is 0 Å². The molecule has 1 aromatic heterocycles.